The molecule has 6 heteroatoms. The molecule has 1 N–H and O–H groups in total. The van der Waals surface area contributed by atoms with Gasteiger partial charge in [-0.15, -0.1) is 0 Å². The number of rotatable bonds is 0. The van der Waals surface area contributed by atoms with Gasteiger partial charge in [-0.25, -0.2) is 4.57 Å². The molecule has 0 radical (unpaired) electrons. The van der Waals surface area contributed by atoms with Crippen molar-refractivity contribution in [1.29, 1.82) is 0 Å². The molecule has 0 unspecified atom stereocenters. The third kappa shape index (κ3) is 2.29. The summed E-state index contributed by atoms with van der Waals surface area (Å²) in [5, 5.41) is 0. The largest absolute Gasteiger partial charge is 1.00 e. The van der Waals surface area contributed by atoms with Crippen LogP contribution in [0.5, 0.6) is 0 Å². The molecule has 52 valence electrons. The molecule has 1 aliphatic rings. The van der Waals surface area contributed by atoms with Gasteiger partial charge in [-0.1, -0.05) is 0 Å². The number of allylic oxidation sites excluding steroid dienone is 2. The maximum absolute atomic E-state index is 10.5. The molecule has 1 aliphatic heterocycles. The Labute approximate surface area is 81.1 Å². The summed E-state index contributed by atoms with van der Waals surface area (Å²) >= 11 is 0. The summed E-state index contributed by atoms with van der Waals surface area (Å²) in [6, 6.07) is 0. The average molecular weight is 173 g/mol. The number of hydrogen-bond donors (Lipinski definition) is 1. The normalized spacial score (nSPS) is 21.1. The van der Waals surface area contributed by atoms with Crippen LogP contribution in [-0.2, 0) is 13.6 Å². The summed E-state index contributed by atoms with van der Waals surface area (Å²) < 4.78 is 19.4. The molecule has 10 heavy (non-hydrogen) atoms. The zero-order valence-electron chi connectivity index (χ0n) is 6.12. The van der Waals surface area contributed by atoms with Crippen LogP contribution in [0.15, 0.2) is 11.5 Å². The van der Waals surface area contributed by atoms with Crippen LogP contribution in [0.2, 0.25) is 0 Å². The zero-order chi connectivity index (χ0) is 7.07. The second-order valence-corrected chi connectivity index (χ2v) is 3.07. The Hall–Kier alpha value is 0.530. The van der Waals surface area contributed by atoms with E-state index in [4.69, 9.17) is 4.89 Å². The number of phosphoric acid groups is 1. The van der Waals surface area contributed by atoms with Gasteiger partial charge in [0.15, 0.2) is 0 Å². The topological polar surface area (TPSA) is 55.8 Å². The second-order valence-electron chi connectivity index (χ2n) is 1.76. The first-order valence-electron chi connectivity index (χ1n) is 2.41. The number of hydrogen-bond acceptors (Lipinski definition) is 3. The van der Waals surface area contributed by atoms with Gasteiger partial charge in [0.2, 0.25) is 0 Å². The van der Waals surface area contributed by atoms with Gasteiger partial charge in [0.25, 0.3) is 0 Å². The average Bonchev–Trinajstić information content (AvgIpc) is 1.79. The first kappa shape index (κ1) is 10.5. The van der Waals surface area contributed by atoms with E-state index in [1.807, 2.05) is 0 Å². The van der Waals surface area contributed by atoms with Crippen molar-refractivity contribution < 1.29 is 48.1 Å². The molecule has 1 rings (SSSR count). The van der Waals surface area contributed by atoms with Gasteiger partial charge in [0.05, 0.1) is 0 Å². The Bertz CT molecular complexity index is 193. The van der Waals surface area contributed by atoms with Gasteiger partial charge >= 0.3 is 37.4 Å². The third-order valence-electron chi connectivity index (χ3n) is 1.00. The Morgan fingerprint density at radius 1 is 1.30 bits per heavy atom. The maximum atomic E-state index is 10.5. The van der Waals surface area contributed by atoms with Crippen molar-refractivity contribution in [3.8, 4) is 0 Å². The van der Waals surface area contributed by atoms with Crippen molar-refractivity contribution in [3.63, 3.8) is 0 Å². The first-order chi connectivity index (χ1) is 4.01. The minimum atomic E-state index is -3.73. The molecule has 0 atom stereocenters. The quantitative estimate of drug-likeness (QED) is 0.353. The SMILES string of the molecule is CC1=C(C)OP(=O)(O)O1.[Na+]. The predicted octanol–water partition coefficient (Wildman–Crippen LogP) is -1.61. The maximum Gasteiger partial charge on any atom is 1.00 e. The fraction of sp³-hybridized carbons (Fsp3) is 0.500. The standard InChI is InChI=1S/C4H7O4P.Na/c1-3-4(2)8-9(5,6)7-3;/h1-2H3,(H,5,6);/q;+1. The fourth-order valence-corrected chi connectivity index (χ4v) is 1.48. The van der Waals surface area contributed by atoms with Gasteiger partial charge in [-0.3, -0.25) is 4.89 Å². The van der Waals surface area contributed by atoms with E-state index in [1.165, 1.54) is 0 Å². The van der Waals surface area contributed by atoms with Crippen LogP contribution in [0.3, 0.4) is 0 Å². The molecule has 0 aliphatic carbocycles. The van der Waals surface area contributed by atoms with E-state index in [0.717, 1.165) is 0 Å². The molecular formula is C4H7NaO4P+. The Balaban J connectivity index is 0.000000810. The number of phosphoric ester groups is 1. The Kier molecular flexibility index (Phi) is 3.46. The van der Waals surface area contributed by atoms with Gasteiger partial charge in [-0.05, 0) is 13.8 Å². The molecule has 4 nitrogen and oxygen atoms in total. The second kappa shape index (κ2) is 3.28. The smallest absolute Gasteiger partial charge is 0.396 e. The Morgan fingerprint density at radius 3 is 1.70 bits per heavy atom. The first-order valence-corrected chi connectivity index (χ1v) is 3.90. The molecule has 0 saturated heterocycles. The molecule has 0 aromatic carbocycles. The van der Waals surface area contributed by atoms with E-state index in [9.17, 15) is 4.57 Å². The van der Waals surface area contributed by atoms with Crippen LogP contribution < -0.4 is 29.6 Å². The summed E-state index contributed by atoms with van der Waals surface area (Å²) in [6.07, 6.45) is 0. The summed E-state index contributed by atoms with van der Waals surface area (Å²) in [5.41, 5.74) is 0. The van der Waals surface area contributed by atoms with E-state index in [2.05, 4.69) is 9.05 Å². The van der Waals surface area contributed by atoms with Gasteiger partial charge < -0.3 is 9.05 Å². The molecule has 0 aromatic rings. The van der Waals surface area contributed by atoms with Crippen molar-refractivity contribution in [2.45, 2.75) is 13.8 Å². The molecule has 0 bridgehead atoms. The van der Waals surface area contributed by atoms with Crippen LogP contribution in [0, 0.1) is 0 Å². The van der Waals surface area contributed by atoms with Gasteiger partial charge in [-0.2, -0.15) is 0 Å². The third-order valence-corrected chi connectivity index (χ3v) is 2.01. The van der Waals surface area contributed by atoms with E-state index in [1.54, 1.807) is 13.8 Å². The van der Waals surface area contributed by atoms with Crippen LogP contribution >= 0.6 is 7.82 Å². The van der Waals surface area contributed by atoms with Gasteiger partial charge in [0.1, 0.15) is 11.5 Å². The van der Waals surface area contributed by atoms with Crippen LogP contribution in [0.1, 0.15) is 13.8 Å². The summed E-state index contributed by atoms with van der Waals surface area (Å²) in [7, 11) is -3.73. The molecule has 0 aromatic heterocycles. The fourth-order valence-electron chi connectivity index (χ4n) is 0.493. The minimum Gasteiger partial charge on any atom is -0.396 e. The summed E-state index contributed by atoms with van der Waals surface area (Å²) in [4.78, 5) is 8.60. The molecule has 0 amide bonds. The molecule has 1 heterocycles. The van der Waals surface area contributed by atoms with Crippen molar-refractivity contribution >= 4 is 7.82 Å². The molecule has 0 spiro atoms. The minimum absolute atomic E-state index is 0. The van der Waals surface area contributed by atoms with Crippen molar-refractivity contribution in [3.05, 3.63) is 11.5 Å². The van der Waals surface area contributed by atoms with E-state index < -0.39 is 7.82 Å². The van der Waals surface area contributed by atoms with Crippen LogP contribution in [0.25, 0.3) is 0 Å². The van der Waals surface area contributed by atoms with Gasteiger partial charge in [0, 0.05) is 0 Å². The predicted molar refractivity (Wildman–Crippen MR) is 30.4 cm³/mol. The molecular weight excluding hydrogens is 166 g/mol. The zero-order valence-corrected chi connectivity index (χ0v) is 9.01. The Morgan fingerprint density at radius 2 is 1.60 bits per heavy atom. The van der Waals surface area contributed by atoms with Crippen molar-refractivity contribution in [2.75, 3.05) is 0 Å². The van der Waals surface area contributed by atoms with Crippen molar-refractivity contribution in [1.82, 2.24) is 0 Å². The van der Waals surface area contributed by atoms with Crippen LogP contribution in [0.4, 0.5) is 0 Å². The van der Waals surface area contributed by atoms with E-state index >= 15 is 0 Å². The summed E-state index contributed by atoms with van der Waals surface area (Å²) in [6.45, 7) is 3.15. The monoisotopic (exact) mass is 173 g/mol. The molecule has 0 fully saturated rings. The van der Waals surface area contributed by atoms with Crippen LogP contribution in [-0.4, -0.2) is 4.89 Å². The summed E-state index contributed by atoms with van der Waals surface area (Å²) in [5.74, 6) is 0.752. The van der Waals surface area contributed by atoms with E-state index in [-0.39, 0.29) is 29.6 Å². The van der Waals surface area contributed by atoms with E-state index in [0.29, 0.717) is 11.5 Å². The van der Waals surface area contributed by atoms with Crippen molar-refractivity contribution in [2.24, 2.45) is 0 Å². The molecule has 0 saturated carbocycles.